The van der Waals surface area contributed by atoms with Crippen molar-refractivity contribution in [3.05, 3.63) is 87.1 Å². The van der Waals surface area contributed by atoms with Gasteiger partial charge in [0.25, 0.3) is 0 Å². The zero-order valence-electron chi connectivity index (χ0n) is 21.1. The Bertz CT molecular complexity index is 1100. The number of hydrogen-bond acceptors (Lipinski definition) is 0. The summed E-state index contributed by atoms with van der Waals surface area (Å²) in [6.07, 6.45) is 3.43. The third-order valence-electron chi connectivity index (χ3n) is 9.22. The lowest BCUT2D eigenvalue weighted by Gasteiger charge is -2.55. The monoisotopic (exact) mass is 412 g/mol. The standard InChI is InChI=1S/C31H40/c1-12-24-13-17(4)26-14-25-15-31(11)23(10)18(5)27(16(2)3)21(8)30(31)22(9)28(25)20(7)29(26)19(24)6/h13,23,25,30H,2,7-8,12,14-15H2,1,3-6,9-11H3. The minimum absolute atomic E-state index is 0.197. The Labute approximate surface area is 190 Å². The van der Waals surface area contributed by atoms with Crippen molar-refractivity contribution >= 4 is 5.57 Å². The van der Waals surface area contributed by atoms with E-state index in [1.807, 2.05) is 0 Å². The van der Waals surface area contributed by atoms with Crippen LogP contribution in [-0.4, -0.2) is 0 Å². The molecule has 0 saturated heterocycles. The van der Waals surface area contributed by atoms with Crippen LogP contribution in [0.2, 0.25) is 0 Å². The summed E-state index contributed by atoms with van der Waals surface area (Å²) < 4.78 is 0. The Morgan fingerprint density at radius 3 is 2.35 bits per heavy atom. The van der Waals surface area contributed by atoms with Gasteiger partial charge in [0.2, 0.25) is 0 Å². The van der Waals surface area contributed by atoms with Gasteiger partial charge in [-0.05, 0) is 121 Å². The third kappa shape index (κ3) is 2.86. The largest absolute Gasteiger partial charge is 0.0955 e. The summed E-state index contributed by atoms with van der Waals surface area (Å²) in [5.41, 5.74) is 17.1. The molecule has 4 unspecified atom stereocenters. The highest BCUT2D eigenvalue weighted by atomic mass is 14.6. The van der Waals surface area contributed by atoms with Gasteiger partial charge in [-0.3, -0.25) is 0 Å². The SMILES string of the molecule is C=C(C)C1=C(C)C(C)C2(C)CC3Cc4c(C)cc(CC)c(C)c4C(=C)C3=C(C)C2C1=C. The maximum Gasteiger partial charge on any atom is 0.0111 e. The molecule has 0 N–H and O–H groups in total. The molecule has 0 fully saturated rings. The Morgan fingerprint density at radius 1 is 1.13 bits per heavy atom. The van der Waals surface area contributed by atoms with E-state index < -0.39 is 0 Å². The first-order chi connectivity index (χ1) is 14.5. The summed E-state index contributed by atoms with van der Waals surface area (Å²) in [6, 6.07) is 2.42. The van der Waals surface area contributed by atoms with Crippen LogP contribution < -0.4 is 0 Å². The van der Waals surface area contributed by atoms with Crippen molar-refractivity contribution in [1.82, 2.24) is 0 Å². The smallest absolute Gasteiger partial charge is 0.0111 e. The van der Waals surface area contributed by atoms with E-state index in [4.69, 9.17) is 6.58 Å². The Hall–Kier alpha value is -2.08. The predicted molar refractivity (Wildman–Crippen MR) is 136 cm³/mol. The molecule has 164 valence electrons. The van der Waals surface area contributed by atoms with Crippen molar-refractivity contribution in [2.45, 2.75) is 74.7 Å². The maximum absolute atomic E-state index is 4.72. The number of rotatable bonds is 2. The van der Waals surface area contributed by atoms with Crippen LogP contribution >= 0.6 is 0 Å². The molecule has 0 aromatic heterocycles. The lowest BCUT2D eigenvalue weighted by molar-refractivity contribution is 0.111. The molecule has 3 aliphatic carbocycles. The molecular weight excluding hydrogens is 372 g/mol. The Morgan fingerprint density at radius 2 is 1.77 bits per heavy atom. The van der Waals surface area contributed by atoms with Crippen molar-refractivity contribution in [1.29, 1.82) is 0 Å². The Balaban J connectivity index is 1.95. The minimum Gasteiger partial charge on any atom is -0.0955 e. The van der Waals surface area contributed by atoms with Gasteiger partial charge >= 0.3 is 0 Å². The van der Waals surface area contributed by atoms with Gasteiger partial charge < -0.3 is 0 Å². The molecule has 0 bridgehead atoms. The van der Waals surface area contributed by atoms with Crippen molar-refractivity contribution < 1.29 is 0 Å². The first-order valence-corrected chi connectivity index (χ1v) is 12.0. The second-order valence-electron chi connectivity index (χ2n) is 10.9. The van der Waals surface area contributed by atoms with E-state index >= 15 is 0 Å². The number of aryl methyl sites for hydroxylation is 2. The van der Waals surface area contributed by atoms with E-state index in [9.17, 15) is 0 Å². The second kappa shape index (κ2) is 7.22. The number of allylic oxidation sites excluding steroid dienone is 7. The van der Waals surface area contributed by atoms with Crippen LogP contribution in [0.5, 0.6) is 0 Å². The van der Waals surface area contributed by atoms with Crippen LogP contribution in [-0.2, 0) is 12.8 Å². The van der Waals surface area contributed by atoms with E-state index in [1.165, 1.54) is 62.1 Å². The molecular formula is C31H40. The highest BCUT2D eigenvalue weighted by Crippen LogP contribution is 2.63. The molecule has 0 heteroatoms. The zero-order chi connectivity index (χ0) is 23.0. The van der Waals surface area contributed by atoms with Gasteiger partial charge in [0.05, 0.1) is 0 Å². The molecule has 1 aromatic carbocycles. The first-order valence-electron chi connectivity index (χ1n) is 12.0. The average molecular weight is 413 g/mol. The van der Waals surface area contributed by atoms with Crippen molar-refractivity contribution in [3.8, 4) is 0 Å². The summed E-state index contributed by atoms with van der Waals surface area (Å²) in [5.74, 6) is 1.45. The summed E-state index contributed by atoms with van der Waals surface area (Å²) in [6.45, 7) is 32.4. The maximum atomic E-state index is 4.72. The van der Waals surface area contributed by atoms with Gasteiger partial charge in [-0.15, -0.1) is 0 Å². The van der Waals surface area contributed by atoms with Crippen molar-refractivity contribution in [2.75, 3.05) is 0 Å². The van der Waals surface area contributed by atoms with E-state index in [2.05, 4.69) is 74.6 Å². The fourth-order valence-corrected chi connectivity index (χ4v) is 7.65. The van der Waals surface area contributed by atoms with E-state index in [1.54, 1.807) is 5.56 Å². The minimum atomic E-state index is 0.197. The zero-order valence-corrected chi connectivity index (χ0v) is 21.1. The summed E-state index contributed by atoms with van der Waals surface area (Å²) in [4.78, 5) is 0. The predicted octanol–water partition coefficient (Wildman–Crippen LogP) is 8.49. The van der Waals surface area contributed by atoms with Gasteiger partial charge in [-0.1, -0.05) is 63.3 Å². The number of fused-ring (bicyclic) bond motifs is 3. The molecule has 31 heavy (non-hydrogen) atoms. The average Bonchev–Trinajstić information content (AvgIpc) is 2.68. The van der Waals surface area contributed by atoms with Crippen LogP contribution in [0, 0.1) is 37.0 Å². The lowest BCUT2D eigenvalue weighted by atomic mass is 9.48. The second-order valence-corrected chi connectivity index (χ2v) is 10.9. The van der Waals surface area contributed by atoms with Crippen LogP contribution in [0.3, 0.4) is 0 Å². The topological polar surface area (TPSA) is 0 Å². The third-order valence-corrected chi connectivity index (χ3v) is 9.22. The summed E-state index contributed by atoms with van der Waals surface area (Å²) in [7, 11) is 0. The molecule has 1 aromatic rings. The molecule has 0 nitrogen and oxygen atoms in total. The lowest BCUT2D eigenvalue weighted by Crippen LogP contribution is -2.46. The Kier molecular flexibility index (Phi) is 5.16. The summed E-state index contributed by atoms with van der Waals surface area (Å²) >= 11 is 0. The molecule has 0 amide bonds. The van der Waals surface area contributed by atoms with E-state index in [0.29, 0.717) is 17.8 Å². The molecule has 0 heterocycles. The highest BCUT2D eigenvalue weighted by Gasteiger charge is 2.52. The molecule has 0 spiro atoms. The molecule has 0 aliphatic heterocycles. The fourth-order valence-electron chi connectivity index (χ4n) is 7.65. The molecule has 0 saturated carbocycles. The fraction of sp³-hybridized carbons (Fsp3) is 0.484. The molecule has 0 radical (unpaired) electrons. The van der Waals surface area contributed by atoms with Crippen LogP contribution in [0.1, 0.15) is 75.8 Å². The van der Waals surface area contributed by atoms with Gasteiger partial charge in [0.1, 0.15) is 0 Å². The van der Waals surface area contributed by atoms with Crippen LogP contribution in [0.4, 0.5) is 0 Å². The van der Waals surface area contributed by atoms with Crippen molar-refractivity contribution in [3.63, 3.8) is 0 Å². The number of hydrogen-bond donors (Lipinski definition) is 0. The summed E-state index contributed by atoms with van der Waals surface area (Å²) in [5, 5.41) is 0. The number of benzene rings is 1. The van der Waals surface area contributed by atoms with Gasteiger partial charge in [0, 0.05) is 5.92 Å². The van der Waals surface area contributed by atoms with Crippen LogP contribution in [0.15, 0.2) is 59.2 Å². The first kappa shape index (κ1) is 22.1. The molecule has 4 rings (SSSR count). The molecule has 3 aliphatic rings. The van der Waals surface area contributed by atoms with E-state index in [0.717, 1.165) is 18.4 Å². The van der Waals surface area contributed by atoms with E-state index in [-0.39, 0.29) is 5.41 Å². The van der Waals surface area contributed by atoms with Gasteiger partial charge in [-0.2, -0.15) is 0 Å². The van der Waals surface area contributed by atoms with Crippen LogP contribution in [0.25, 0.3) is 5.57 Å². The quantitative estimate of drug-likeness (QED) is 0.457. The normalized spacial score (nSPS) is 30.3. The van der Waals surface area contributed by atoms with Gasteiger partial charge in [0.15, 0.2) is 0 Å². The van der Waals surface area contributed by atoms with Crippen molar-refractivity contribution in [2.24, 2.45) is 23.2 Å². The molecule has 4 atom stereocenters. The van der Waals surface area contributed by atoms with Gasteiger partial charge in [-0.25, -0.2) is 0 Å². The highest BCUT2D eigenvalue weighted by molar-refractivity contribution is 5.86.